The van der Waals surface area contributed by atoms with Crippen LogP contribution in [0, 0.1) is 5.82 Å². The van der Waals surface area contributed by atoms with Crippen LogP contribution in [0.5, 0.6) is 5.75 Å². The highest BCUT2D eigenvalue weighted by Gasteiger charge is 2.36. The standard InChI is InChI=1S/C9H11FO7P2/c1-17-8-3-2-6(4-7(8)10)5-9(18(11,12)13)19(14,15)16/h2-5H,1H3,(H2,11,12,13)(H2,14,15,16). The second kappa shape index (κ2) is 5.54. The van der Waals surface area contributed by atoms with Crippen LogP contribution in [0.1, 0.15) is 5.56 Å². The summed E-state index contributed by atoms with van der Waals surface area (Å²) in [5.74, 6) is -0.932. The molecule has 0 heterocycles. The average molecular weight is 312 g/mol. The van der Waals surface area contributed by atoms with Crippen molar-refractivity contribution in [3.63, 3.8) is 0 Å². The van der Waals surface area contributed by atoms with Crippen molar-refractivity contribution in [1.82, 2.24) is 0 Å². The zero-order chi connectivity index (χ0) is 14.8. The Balaban J connectivity index is 3.36. The van der Waals surface area contributed by atoms with Crippen LogP contribution in [0.4, 0.5) is 4.39 Å². The van der Waals surface area contributed by atoms with E-state index < -0.39 is 26.1 Å². The minimum absolute atomic E-state index is 0.106. The van der Waals surface area contributed by atoms with Gasteiger partial charge in [0.1, 0.15) is 0 Å². The van der Waals surface area contributed by atoms with Crippen LogP contribution in [0.25, 0.3) is 6.08 Å². The zero-order valence-electron chi connectivity index (χ0n) is 9.60. The zero-order valence-corrected chi connectivity index (χ0v) is 11.4. The Kier molecular flexibility index (Phi) is 4.68. The summed E-state index contributed by atoms with van der Waals surface area (Å²) in [5.41, 5.74) is -0.111. The fraction of sp³-hybridized carbons (Fsp3) is 0.111. The number of halogens is 1. The molecule has 0 aromatic heterocycles. The Bertz CT molecular complexity index is 577. The molecule has 0 unspecified atom stereocenters. The topological polar surface area (TPSA) is 124 Å². The van der Waals surface area contributed by atoms with E-state index in [1.165, 1.54) is 13.2 Å². The Morgan fingerprint density at radius 2 is 1.74 bits per heavy atom. The highest BCUT2D eigenvalue weighted by Crippen LogP contribution is 2.64. The molecule has 1 aromatic rings. The van der Waals surface area contributed by atoms with Gasteiger partial charge < -0.3 is 24.3 Å². The highest BCUT2D eigenvalue weighted by atomic mass is 31.2. The van der Waals surface area contributed by atoms with E-state index in [4.69, 9.17) is 19.6 Å². The first-order chi connectivity index (χ1) is 8.55. The second-order valence-electron chi connectivity index (χ2n) is 3.48. The molecule has 0 radical (unpaired) electrons. The van der Waals surface area contributed by atoms with Crippen LogP contribution in [0.3, 0.4) is 0 Å². The van der Waals surface area contributed by atoms with E-state index in [-0.39, 0.29) is 11.3 Å². The average Bonchev–Trinajstić information content (AvgIpc) is 2.23. The molecule has 10 heteroatoms. The molecule has 0 amide bonds. The van der Waals surface area contributed by atoms with Gasteiger partial charge in [0.2, 0.25) is 0 Å². The Morgan fingerprint density at radius 1 is 1.21 bits per heavy atom. The van der Waals surface area contributed by atoms with Crippen molar-refractivity contribution in [3.8, 4) is 5.75 Å². The maximum atomic E-state index is 13.4. The van der Waals surface area contributed by atoms with Crippen molar-refractivity contribution >= 4 is 21.3 Å². The first-order valence-corrected chi connectivity index (χ1v) is 7.95. The van der Waals surface area contributed by atoms with Crippen molar-refractivity contribution in [1.29, 1.82) is 0 Å². The van der Waals surface area contributed by atoms with Crippen LogP contribution in [-0.2, 0) is 9.13 Å². The lowest BCUT2D eigenvalue weighted by Gasteiger charge is -2.11. The third-order valence-electron chi connectivity index (χ3n) is 2.07. The molecule has 0 aliphatic heterocycles. The number of rotatable bonds is 4. The van der Waals surface area contributed by atoms with E-state index in [1.54, 1.807) is 0 Å². The molecule has 0 spiro atoms. The fourth-order valence-electron chi connectivity index (χ4n) is 1.26. The van der Waals surface area contributed by atoms with Crippen LogP contribution in [0.2, 0.25) is 0 Å². The van der Waals surface area contributed by atoms with E-state index in [9.17, 15) is 13.5 Å². The minimum atomic E-state index is -5.15. The predicted octanol–water partition coefficient (Wildman–Crippen LogP) is 1.49. The number of benzene rings is 1. The summed E-state index contributed by atoms with van der Waals surface area (Å²) in [6.07, 6.45) is 0.560. The van der Waals surface area contributed by atoms with Crippen molar-refractivity contribution in [3.05, 3.63) is 34.6 Å². The Labute approximate surface area is 107 Å². The van der Waals surface area contributed by atoms with Crippen molar-refractivity contribution in [2.24, 2.45) is 0 Å². The molecule has 19 heavy (non-hydrogen) atoms. The molecule has 0 fully saturated rings. The monoisotopic (exact) mass is 312 g/mol. The van der Waals surface area contributed by atoms with Gasteiger partial charge >= 0.3 is 15.2 Å². The van der Waals surface area contributed by atoms with Crippen molar-refractivity contribution in [2.75, 3.05) is 7.11 Å². The van der Waals surface area contributed by atoms with Crippen LogP contribution < -0.4 is 4.74 Å². The maximum Gasteiger partial charge on any atom is 0.364 e. The fourth-order valence-corrected chi connectivity index (χ4v) is 3.25. The second-order valence-corrected chi connectivity index (χ2v) is 6.98. The van der Waals surface area contributed by atoms with Gasteiger partial charge in [-0.2, -0.15) is 0 Å². The lowest BCUT2D eigenvalue weighted by molar-refractivity contribution is 0.368. The molecule has 0 bridgehead atoms. The summed E-state index contributed by atoms with van der Waals surface area (Å²) >= 11 is 0. The predicted molar refractivity (Wildman–Crippen MR) is 65.0 cm³/mol. The van der Waals surface area contributed by atoms with Gasteiger partial charge in [-0.1, -0.05) is 6.07 Å². The van der Waals surface area contributed by atoms with Crippen molar-refractivity contribution < 1.29 is 37.8 Å². The van der Waals surface area contributed by atoms with Gasteiger partial charge in [0.15, 0.2) is 16.6 Å². The molecule has 0 saturated heterocycles. The number of hydrogen-bond donors (Lipinski definition) is 4. The number of ether oxygens (including phenoxy) is 1. The van der Waals surface area contributed by atoms with E-state index in [0.29, 0.717) is 6.08 Å². The quantitative estimate of drug-likeness (QED) is 0.621. The summed E-state index contributed by atoms with van der Waals surface area (Å²) in [5, 5.41) is -1.37. The first-order valence-electron chi connectivity index (χ1n) is 4.73. The molecule has 106 valence electrons. The third-order valence-corrected chi connectivity index (χ3v) is 5.08. The third kappa shape index (κ3) is 4.24. The SMILES string of the molecule is COc1ccc(C=C(P(=O)(O)O)P(=O)(O)O)cc1F. The van der Waals surface area contributed by atoms with Gasteiger partial charge in [0, 0.05) is 0 Å². The highest BCUT2D eigenvalue weighted by molar-refractivity contribution is 7.77. The van der Waals surface area contributed by atoms with Gasteiger partial charge in [-0.15, -0.1) is 0 Å². The van der Waals surface area contributed by atoms with Gasteiger partial charge in [0.25, 0.3) is 0 Å². The van der Waals surface area contributed by atoms with E-state index in [1.807, 2.05) is 0 Å². The normalized spacial score (nSPS) is 12.1. The molecule has 0 aliphatic rings. The molecule has 1 rings (SSSR count). The summed E-state index contributed by atoms with van der Waals surface area (Å²) in [4.78, 5) is 35.5. The van der Waals surface area contributed by atoms with E-state index in [0.717, 1.165) is 12.1 Å². The molecule has 4 N–H and O–H groups in total. The number of methoxy groups -OCH3 is 1. The summed E-state index contributed by atoms with van der Waals surface area (Å²) < 4.78 is 40.0. The largest absolute Gasteiger partial charge is 0.494 e. The summed E-state index contributed by atoms with van der Waals surface area (Å²) in [7, 11) is -9.08. The molecule has 0 aliphatic carbocycles. The minimum Gasteiger partial charge on any atom is -0.494 e. The van der Waals surface area contributed by atoms with Gasteiger partial charge in [-0.25, -0.2) is 4.39 Å². The molecule has 1 aromatic carbocycles. The molecule has 0 atom stereocenters. The van der Waals surface area contributed by atoms with Crippen LogP contribution >= 0.6 is 15.2 Å². The van der Waals surface area contributed by atoms with Gasteiger partial charge in [0.05, 0.1) is 7.11 Å². The molecular formula is C9H11FO7P2. The van der Waals surface area contributed by atoms with Crippen LogP contribution in [-0.4, -0.2) is 26.7 Å². The van der Waals surface area contributed by atoms with Crippen molar-refractivity contribution in [2.45, 2.75) is 0 Å². The Hall–Kier alpha value is -1.01. The van der Waals surface area contributed by atoms with E-state index in [2.05, 4.69) is 4.74 Å². The van der Waals surface area contributed by atoms with Crippen LogP contribution in [0.15, 0.2) is 23.3 Å². The smallest absolute Gasteiger partial charge is 0.364 e. The molecule has 7 nitrogen and oxygen atoms in total. The molecule has 0 saturated carbocycles. The lowest BCUT2D eigenvalue weighted by atomic mass is 10.2. The van der Waals surface area contributed by atoms with E-state index >= 15 is 0 Å². The van der Waals surface area contributed by atoms with Gasteiger partial charge in [-0.05, 0) is 23.8 Å². The summed E-state index contributed by atoms with van der Waals surface area (Å²) in [6.45, 7) is 0. The first kappa shape index (κ1) is 16.0. The number of hydrogen-bond acceptors (Lipinski definition) is 3. The maximum absolute atomic E-state index is 13.4. The summed E-state index contributed by atoms with van der Waals surface area (Å²) in [6, 6.07) is 3.20. The van der Waals surface area contributed by atoms with Gasteiger partial charge in [-0.3, -0.25) is 9.13 Å². The lowest BCUT2D eigenvalue weighted by Crippen LogP contribution is -1.91. The molecular weight excluding hydrogens is 301 g/mol. The Morgan fingerprint density at radius 3 is 2.11 bits per heavy atom.